The van der Waals surface area contributed by atoms with Gasteiger partial charge in [-0.15, -0.1) is 0 Å². The van der Waals surface area contributed by atoms with Gasteiger partial charge < -0.3 is 10.1 Å². The maximum absolute atomic E-state index is 12.5. The van der Waals surface area contributed by atoms with E-state index in [2.05, 4.69) is 28.2 Å². The van der Waals surface area contributed by atoms with Gasteiger partial charge in [-0.1, -0.05) is 28.9 Å². The zero-order valence-corrected chi connectivity index (χ0v) is 15.5. The van der Waals surface area contributed by atoms with Crippen LogP contribution in [0.15, 0.2) is 22.7 Å². The average Bonchev–Trinajstić information content (AvgIpc) is 2.52. The number of benzene rings is 1. The van der Waals surface area contributed by atoms with Gasteiger partial charge in [0.15, 0.2) is 0 Å². The Morgan fingerprint density at radius 1 is 1.35 bits per heavy atom. The Bertz CT molecular complexity index is 592. The molecule has 0 unspecified atom stereocenters. The summed E-state index contributed by atoms with van der Waals surface area (Å²) in [5, 5.41) is 2.97. The summed E-state index contributed by atoms with van der Waals surface area (Å²) in [4.78, 5) is 24.8. The van der Waals surface area contributed by atoms with E-state index < -0.39 is 5.54 Å². The third kappa shape index (κ3) is 4.34. The monoisotopic (exact) mass is 381 g/mol. The van der Waals surface area contributed by atoms with E-state index in [1.165, 1.54) is 7.11 Å². The highest BCUT2D eigenvalue weighted by atomic mass is 79.9. The van der Waals surface area contributed by atoms with Crippen molar-refractivity contribution in [1.29, 1.82) is 0 Å². The van der Waals surface area contributed by atoms with E-state index in [1.54, 1.807) is 0 Å². The first kappa shape index (κ1) is 18.0. The molecule has 0 radical (unpaired) electrons. The second-order valence-corrected chi connectivity index (χ2v) is 7.47. The number of aryl methyl sites for hydroxylation is 1. The number of amides is 1. The van der Waals surface area contributed by atoms with Crippen LogP contribution >= 0.6 is 15.9 Å². The van der Waals surface area contributed by atoms with E-state index in [-0.39, 0.29) is 18.3 Å². The van der Waals surface area contributed by atoms with Crippen molar-refractivity contribution in [2.45, 2.75) is 51.5 Å². The molecule has 1 N–H and O–H groups in total. The number of methoxy groups -OCH3 is 1. The van der Waals surface area contributed by atoms with Crippen LogP contribution in [0.3, 0.4) is 0 Å². The lowest BCUT2D eigenvalue weighted by atomic mass is 9.77. The van der Waals surface area contributed by atoms with Crippen LogP contribution in [-0.4, -0.2) is 24.5 Å². The molecule has 0 bridgehead atoms. The number of carbonyl (C=O) groups excluding carboxylic acids is 2. The van der Waals surface area contributed by atoms with Gasteiger partial charge in [0.25, 0.3) is 0 Å². The summed E-state index contributed by atoms with van der Waals surface area (Å²) in [6.45, 7) is 4.15. The lowest BCUT2D eigenvalue weighted by Crippen LogP contribution is -2.57. The fourth-order valence-corrected chi connectivity index (χ4v) is 3.55. The number of rotatable bonds is 4. The molecular formula is C18H24BrNO3. The van der Waals surface area contributed by atoms with E-state index >= 15 is 0 Å². The second kappa shape index (κ2) is 7.47. The number of carbonyl (C=O) groups is 2. The van der Waals surface area contributed by atoms with Gasteiger partial charge in [-0.25, -0.2) is 4.79 Å². The summed E-state index contributed by atoms with van der Waals surface area (Å²) in [5.74, 6) is 0.117. The molecule has 1 aromatic rings. The molecule has 1 amide bonds. The van der Waals surface area contributed by atoms with Crippen molar-refractivity contribution in [2.24, 2.45) is 5.92 Å². The Morgan fingerprint density at radius 2 is 2.00 bits per heavy atom. The summed E-state index contributed by atoms with van der Waals surface area (Å²) >= 11 is 3.43. The maximum Gasteiger partial charge on any atom is 0.331 e. The summed E-state index contributed by atoms with van der Waals surface area (Å²) in [6.07, 6.45) is 3.39. The van der Waals surface area contributed by atoms with Gasteiger partial charge in [0, 0.05) is 4.47 Å². The predicted molar refractivity (Wildman–Crippen MR) is 93.1 cm³/mol. The predicted octanol–water partition coefficient (Wildman–Crippen LogP) is 3.54. The molecule has 5 heteroatoms. The van der Waals surface area contributed by atoms with Crippen LogP contribution in [0.1, 0.15) is 43.7 Å². The Balaban J connectivity index is 2.12. The van der Waals surface area contributed by atoms with E-state index in [0.717, 1.165) is 28.4 Å². The lowest BCUT2D eigenvalue weighted by molar-refractivity contribution is -0.153. The Kier molecular flexibility index (Phi) is 5.84. The van der Waals surface area contributed by atoms with Crippen LogP contribution in [0.2, 0.25) is 0 Å². The second-order valence-electron chi connectivity index (χ2n) is 6.55. The molecule has 1 aliphatic carbocycles. The number of nitrogens with one attached hydrogen (secondary N) is 1. The number of hydrogen-bond acceptors (Lipinski definition) is 3. The molecule has 2 rings (SSSR count). The minimum absolute atomic E-state index is 0.133. The minimum Gasteiger partial charge on any atom is -0.467 e. The summed E-state index contributed by atoms with van der Waals surface area (Å²) in [5.41, 5.74) is 1.16. The summed E-state index contributed by atoms with van der Waals surface area (Å²) in [7, 11) is 1.38. The van der Waals surface area contributed by atoms with Crippen molar-refractivity contribution in [3.63, 3.8) is 0 Å². The molecule has 0 saturated heterocycles. The molecule has 126 valence electrons. The normalized spacial score (nSPS) is 24.1. The quantitative estimate of drug-likeness (QED) is 0.811. The maximum atomic E-state index is 12.5. The van der Waals surface area contributed by atoms with Crippen LogP contribution in [0.5, 0.6) is 0 Å². The topological polar surface area (TPSA) is 55.4 Å². The Hall–Kier alpha value is -1.36. The Morgan fingerprint density at radius 3 is 2.61 bits per heavy atom. The number of ether oxygens (including phenoxy) is 1. The molecule has 0 spiro atoms. The first-order valence-corrected chi connectivity index (χ1v) is 8.80. The molecule has 1 fully saturated rings. The zero-order chi connectivity index (χ0) is 17.0. The average molecular weight is 382 g/mol. The highest BCUT2D eigenvalue weighted by Crippen LogP contribution is 2.33. The molecule has 4 nitrogen and oxygen atoms in total. The summed E-state index contributed by atoms with van der Waals surface area (Å²) in [6, 6.07) is 5.88. The van der Waals surface area contributed by atoms with Gasteiger partial charge in [-0.2, -0.15) is 0 Å². The van der Waals surface area contributed by atoms with Crippen LogP contribution < -0.4 is 5.32 Å². The number of hydrogen-bond donors (Lipinski definition) is 1. The molecule has 0 atom stereocenters. The van der Waals surface area contributed by atoms with Crippen LogP contribution in [0.4, 0.5) is 0 Å². The van der Waals surface area contributed by atoms with E-state index in [0.29, 0.717) is 18.8 Å². The fraction of sp³-hybridized carbons (Fsp3) is 0.556. The molecular weight excluding hydrogens is 358 g/mol. The Labute approximate surface area is 146 Å². The largest absolute Gasteiger partial charge is 0.467 e. The minimum atomic E-state index is -0.863. The van der Waals surface area contributed by atoms with Crippen molar-refractivity contribution in [1.82, 2.24) is 5.32 Å². The standard InChI is InChI=1S/C18H24BrNO3/c1-12-6-8-18(9-7-12,17(22)23-3)20-16(21)11-14-10-15(19)5-4-13(14)2/h4-5,10,12H,6-9,11H2,1-3H3,(H,20,21)/t12-,18-. The van der Waals surface area contributed by atoms with Gasteiger partial charge in [0.05, 0.1) is 13.5 Å². The third-order valence-electron chi connectivity index (χ3n) is 4.74. The molecule has 1 aliphatic rings. The number of halogens is 1. The van der Waals surface area contributed by atoms with Gasteiger partial charge in [0.1, 0.15) is 5.54 Å². The van der Waals surface area contributed by atoms with E-state index in [9.17, 15) is 9.59 Å². The van der Waals surface area contributed by atoms with E-state index in [1.807, 2.05) is 25.1 Å². The lowest BCUT2D eigenvalue weighted by Gasteiger charge is -2.37. The fourth-order valence-electron chi connectivity index (χ4n) is 3.15. The zero-order valence-electron chi connectivity index (χ0n) is 13.9. The SMILES string of the molecule is COC(=O)[C@]1(NC(=O)Cc2cc(Br)ccc2C)CC[C@H](C)CC1. The number of esters is 1. The summed E-state index contributed by atoms with van der Waals surface area (Å²) < 4.78 is 5.91. The first-order valence-electron chi connectivity index (χ1n) is 8.01. The van der Waals surface area contributed by atoms with Gasteiger partial charge >= 0.3 is 5.97 Å². The molecule has 0 heterocycles. The molecule has 23 heavy (non-hydrogen) atoms. The van der Waals surface area contributed by atoms with E-state index in [4.69, 9.17) is 4.74 Å². The third-order valence-corrected chi connectivity index (χ3v) is 5.24. The molecule has 0 aliphatic heterocycles. The van der Waals surface area contributed by atoms with Crippen LogP contribution in [0.25, 0.3) is 0 Å². The molecule has 1 aromatic carbocycles. The molecule has 1 saturated carbocycles. The van der Waals surface area contributed by atoms with Gasteiger partial charge in [-0.05, 0) is 61.8 Å². The highest BCUT2D eigenvalue weighted by Gasteiger charge is 2.43. The highest BCUT2D eigenvalue weighted by molar-refractivity contribution is 9.10. The smallest absolute Gasteiger partial charge is 0.331 e. The van der Waals surface area contributed by atoms with Crippen molar-refractivity contribution < 1.29 is 14.3 Å². The van der Waals surface area contributed by atoms with Crippen molar-refractivity contribution in [2.75, 3.05) is 7.11 Å². The first-order chi connectivity index (χ1) is 10.9. The van der Waals surface area contributed by atoms with Crippen LogP contribution in [-0.2, 0) is 20.7 Å². The molecule has 0 aromatic heterocycles. The van der Waals surface area contributed by atoms with Crippen LogP contribution in [0, 0.1) is 12.8 Å². The van der Waals surface area contributed by atoms with Gasteiger partial charge in [0.2, 0.25) is 5.91 Å². The van der Waals surface area contributed by atoms with Crippen molar-refractivity contribution >= 4 is 27.8 Å². The van der Waals surface area contributed by atoms with Gasteiger partial charge in [-0.3, -0.25) is 4.79 Å². The van der Waals surface area contributed by atoms with Crippen molar-refractivity contribution in [3.8, 4) is 0 Å². The van der Waals surface area contributed by atoms with Crippen molar-refractivity contribution in [3.05, 3.63) is 33.8 Å².